The number of benzene rings is 2. The number of nitro benzene ring substituents is 2. The maximum absolute atomic E-state index is 11.4. The van der Waals surface area contributed by atoms with Gasteiger partial charge in [0.1, 0.15) is 0 Å². The summed E-state index contributed by atoms with van der Waals surface area (Å²) < 4.78 is 0. The van der Waals surface area contributed by atoms with Gasteiger partial charge in [0.15, 0.2) is 0 Å². The van der Waals surface area contributed by atoms with Crippen LogP contribution in [0.2, 0.25) is 0 Å². The van der Waals surface area contributed by atoms with E-state index in [4.69, 9.17) is 0 Å². The molecule has 4 aromatic rings. The highest BCUT2D eigenvalue weighted by Crippen LogP contribution is 2.41. The summed E-state index contributed by atoms with van der Waals surface area (Å²) in [4.78, 5) is 74.7. The van der Waals surface area contributed by atoms with Crippen molar-refractivity contribution >= 4 is 67.5 Å². The van der Waals surface area contributed by atoms with E-state index >= 15 is 0 Å². The van der Waals surface area contributed by atoms with Gasteiger partial charge >= 0.3 is 34.6 Å². The van der Waals surface area contributed by atoms with Crippen molar-refractivity contribution in [2.24, 2.45) is 0 Å². The Labute approximate surface area is 190 Å². The summed E-state index contributed by atoms with van der Waals surface area (Å²) in [5.74, 6) is -5.77. The Bertz CT molecular complexity index is 1410. The van der Waals surface area contributed by atoms with E-state index in [-0.39, 0.29) is 0 Å². The summed E-state index contributed by atoms with van der Waals surface area (Å²) in [6, 6.07) is 1.07. The molecule has 0 aliphatic carbocycles. The summed E-state index contributed by atoms with van der Waals surface area (Å²) in [5, 5.41) is 67.2. The monoisotopic (exact) mass is 502 g/mol. The normalized spacial score (nSPS) is 11.0. The lowest BCUT2D eigenvalue weighted by molar-refractivity contribution is -0.428. The molecule has 180 valence electrons. The molecule has 0 bridgehead atoms. The van der Waals surface area contributed by atoms with Crippen molar-refractivity contribution in [2.45, 2.75) is 0 Å². The van der Waals surface area contributed by atoms with Gasteiger partial charge in [-0.25, -0.2) is 0 Å². The molecule has 0 unspecified atom stereocenters. The van der Waals surface area contributed by atoms with Crippen LogP contribution in [0.25, 0.3) is 32.8 Å². The summed E-state index contributed by atoms with van der Waals surface area (Å²) >= 11 is 0. The van der Waals surface area contributed by atoms with Crippen LogP contribution in [0.1, 0.15) is 0 Å². The van der Waals surface area contributed by atoms with E-state index in [1.54, 1.807) is 0 Å². The molecule has 0 saturated carbocycles. The summed E-state index contributed by atoms with van der Waals surface area (Å²) in [6.07, 6.45) is 0. The topological polar surface area (TPSA) is 310 Å². The van der Waals surface area contributed by atoms with Crippen molar-refractivity contribution in [3.8, 4) is 0 Å². The van der Waals surface area contributed by atoms with E-state index in [9.17, 15) is 60.7 Å². The lowest BCUT2D eigenvalue weighted by atomic mass is 10.0. The fourth-order valence-electron chi connectivity index (χ4n) is 3.29. The third kappa shape index (κ3) is 3.29. The molecule has 0 aliphatic heterocycles. The highest BCUT2D eigenvalue weighted by atomic mass is 16.7. The van der Waals surface area contributed by atoms with Crippen molar-refractivity contribution < 1.29 is 29.5 Å². The Morgan fingerprint density at radius 3 is 0.889 bits per heavy atom. The average molecular weight is 502 g/mol. The van der Waals surface area contributed by atoms with Gasteiger partial charge in [-0.1, -0.05) is 0 Å². The maximum atomic E-state index is 11.4. The molecular weight excluding hydrogens is 500 g/mol. The van der Waals surface area contributed by atoms with Crippen LogP contribution in [0.5, 0.6) is 0 Å². The molecule has 0 fully saturated rings. The second-order valence-electron chi connectivity index (χ2n) is 6.57. The number of rotatable bonds is 6. The number of nitro groups is 6. The quantitative estimate of drug-likeness (QED) is 0.207. The first-order chi connectivity index (χ1) is 16.8. The van der Waals surface area contributed by atoms with Gasteiger partial charge in [-0.05, 0) is 39.6 Å². The van der Waals surface area contributed by atoms with E-state index in [0.717, 1.165) is 0 Å². The Morgan fingerprint density at radius 2 is 0.667 bits per heavy atom. The molecule has 22 nitrogen and oxygen atoms in total. The van der Waals surface area contributed by atoms with Crippen molar-refractivity contribution in [1.29, 1.82) is 0 Å². The van der Waals surface area contributed by atoms with E-state index in [1.165, 1.54) is 0 Å². The third-order valence-corrected chi connectivity index (χ3v) is 4.65. The molecule has 0 spiro atoms. The van der Waals surface area contributed by atoms with Crippen molar-refractivity contribution in [3.63, 3.8) is 0 Å². The van der Waals surface area contributed by atoms with Crippen LogP contribution in [0, 0.1) is 60.7 Å². The minimum absolute atomic E-state index is 0.516. The first-order valence-electron chi connectivity index (χ1n) is 8.73. The Kier molecular flexibility index (Phi) is 4.90. The van der Waals surface area contributed by atoms with Gasteiger partial charge in [0.2, 0.25) is 11.0 Å². The van der Waals surface area contributed by atoms with Gasteiger partial charge in [0.05, 0.1) is 9.85 Å². The lowest BCUT2D eigenvalue weighted by Crippen LogP contribution is -2.06. The van der Waals surface area contributed by atoms with Gasteiger partial charge in [0, 0.05) is 22.9 Å². The Morgan fingerprint density at radius 1 is 0.417 bits per heavy atom. The van der Waals surface area contributed by atoms with Gasteiger partial charge < -0.3 is 40.5 Å². The predicted octanol–water partition coefficient (Wildman–Crippen LogP) is 2.18. The molecule has 0 N–H and O–H groups in total. The first-order valence-corrected chi connectivity index (χ1v) is 8.73. The molecule has 2 heterocycles. The molecule has 0 radical (unpaired) electrons. The summed E-state index contributed by atoms with van der Waals surface area (Å²) in [6.45, 7) is 0. The predicted molar refractivity (Wildman–Crippen MR) is 110 cm³/mol. The van der Waals surface area contributed by atoms with E-state index < -0.39 is 97.0 Å². The SMILES string of the molecule is O=[N+]([O-])c1cc2c(cc1[N+](=O)[O-])c1nc([N+](=O)[O-])c([N+](=O)[O-])nc1c1nc([N+](=O)[O-])c([N+](=O)[O-])nc21. The third-order valence-electron chi connectivity index (χ3n) is 4.65. The van der Waals surface area contributed by atoms with Crippen LogP contribution in [-0.4, -0.2) is 49.5 Å². The Balaban J connectivity index is 2.42. The molecule has 0 atom stereocenters. The van der Waals surface area contributed by atoms with Crippen molar-refractivity contribution in [1.82, 2.24) is 19.9 Å². The molecule has 0 aliphatic rings. The van der Waals surface area contributed by atoms with Crippen LogP contribution in [0.4, 0.5) is 34.6 Å². The van der Waals surface area contributed by atoms with E-state index in [0.29, 0.717) is 12.1 Å². The molecule has 2 aromatic carbocycles. The first kappa shape index (κ1) is 23.0. The van der Waals surface area contributed by atoms with Crippen molar-refractivity contribution in [3.05, 3.63) is 72.8 Å². The standard InChI is InChI=1S/C14H2N10O12/c25-19(26)5-1-3-4(2-6(5)20(27)28)8-10(18-14(24(35)36)12(16-8)22(31)32)9-7(3)15-11(21(29)30)13(17-9)23(33)34/h1-2H. The molecule has 36 heavy (non-hydrogen) atoms. The minimum atomic E-state index is -1.45. The van der Waals surface area contributed by atoms with Gasteiger partial charge in [-0.3, -0.25) is 20.2 Å². The van der Waals surface area contributed by atoms with Crippen molar-refractivity contribution in [2.75, 3.05) is 0 Å². The minimum Gasteiger partial charge on any atom is -0.358 e. The van der Waals surface area contributed by atoms with E-state index in [1.807, 2.05) is 0 Å². The van der Waals surface area contributed by atoms with Crippen LogP contribution < -0.4 is 0 Å². The zero-order valence-corrected chi connectivity index (χ0v) is 16.5. The molecule has 2 aromatic heterocycles. The fraction of sp³-hybridized carbons (Fsp3) is 0. The van der Waals surface area contributed by atoms with Crippen LogP contribution in [0.3, 0.4) is 0 Å². The zero-order chi connectivity index (χ0) is 26.6. The smallest absolute Gasteiger partial charge is 0.358 e. The van der Waals surface area contributed by atoms with E-state index in [2.05, 4.69) is 19.9 Å². The second kappa shape index (κ2) is 7.68. The number of hydrogen-bond acceptors (Lipinski definition) is 16. The number of aromatic nitrogens is 4. The van der Waals surface area contributed by atoms with Crippen LogP contribution >= 0.6 is 0 Å². The van der Waals surface area contributed by atoms with Gasteiger partial charge in [-0.2, -0.15) is 0 Å². The molecule has 4 rings (SSSR count). The molecule has 0 amide bonds. The largest absolute Gasteiger partial charge is 0.463 e. The average Bonchev–Trinajstić information content (AvgIpc) is 2.81. The number of hydrogen-bond donors (Lipinski definition) is 0. The summed E-state index contributed by atoms with van der Waals surface area (Å²) in [7, 11) is 0. The second-order valence-corrected chi connectivity index (χ2v) is 6.57. The number of nitrogens with zero attached hydrogens (tertiary/aromatic N) is 10. The summed E-state index contributed by atoms with van der Waals surface area (Å²) in [5.41, 5.74) is -5.23. The highest BCUT2D eigenvalue weighted by Gasteiger charge is 2.40. The van der Waals surface area contributed by atoms with Crippen LogP contribution in [0.15, 0.2) is 12.1 Å². The molecule has 0 saturated heterocycles. The molecular formula is C14H2N10O12. The maximum Gasteiger partial charge on any atom is 0.463 e. The lowest BCUT2D eigenvalue weighted by Gasteiger charge is -2.03. The fourth-order valence-corrected chi connectivity index (χ4v) is 3.29. The van der Waals surface area contributed by atoms with Gasteiger partial charge in [-0.15, -0.1) is 0 Å². The number of fused-ring (bicyclic) bond motifs is 6. The van der Waals surface area contributed by atoms with Gasteiger partial charge in [0.25, 0.3) is 11.0 Å². The molecule has 22 heteroatoms. The highest BCUT2D eigenvalue weighted by molar-refractivity contribution is 6.22. The van der Waals surface area contributed by atoms with Crippen LogP contribution in [-0.2, 0) is 0 Å². The zero-order valence-electron chi connectivity index (χ0n) is 16.5. The Hall–Kier alpha value is -6.22.